The minimum atomic E-state index is -0.104. The van der Waals surface area contributed by atoms with E-state index in [1.54, 1.807) is 22.6 Å². The predicted molar refractivity (Wildman–Crippen MR) is 82.3 cm³/mol. The molecule has 1 N–H and O–H groups in total. The molecule has 1 aliphatic rings. The Labute approximate surface area is 122 Å². The third-order valence-corrected chi connectivity index (χ3v) is 4.88. The molecule has 4 nitrogen and oxygen atoms in total. The third-order valence-electron chi connectivity index (χ3n) is 3.62. The standard InChI is InChI=1S/C13H20ClN3OS/c1-9(19-2)6-15-12-11(14)7-16-17(13(12)18)8-10-4-3-5-10/h7,9-10,15H,3-6,8H2,1-2H3. The van der Waals surface area contributed by atoms with Gasteiger partial charge < -0.3 is 5.32 Å². The van der Waals surface area contributed by atoms with Crippen LogP contribution < -0.4 is 10.9 Å². The SMILES string of the molecule is CSC(C)CNc1c(Cl)cnn(CC2CCC2)c1=O. The first-order chi connectivity index (χ1) is 9.11. The van der Waals surface area contributed by atoms with Crippen LogP contribution >= 0.6 is 23.4 Å². The molecule has 0 saturated heterocycles. The molecule has 0 aliphatic heterocycles. The minimum absolute atomic E-state index is 0.104. The Hall–Kier alpha value is -0.680. The fourth-order valence-electron chi connectivity index (χ4n) is 2.01. The Morgan fingerprint density at radius 3 is 2.95 bits per heavy atom. The van der Waals surface area contributed by atoms with Crippen LogP contribution in [-0.2, 0) is 6.54 Å². The summed E-state index contributed by atoms with van der Waals surface area (Å²) in [7, 11) is 0. The van der Waals surface area contributed by atoms with E-state index in [2.05, 4.69) is 23.6 Å². The minimum Gasteiger partial charge on any atom is -0.378 e. The van der Waals surface area contributed by atoms with Gasteiger partial charge in [0.25, 0.3) is 5.56 Å². The predicted octanol–water partition coefficient (Wildman–Crippen LogP) is 2.86. The number of anilines is 1. The van der Waals surface area contributed by atoms with E-state index in [1.807, 2.05) is 0 Å². The summed E-state index contributed by atoms with van der Waals surface area (Å²) in [6, 6.07) is 0. The van der Waals surface area contributed by atoms with E-state index in [1.165, 1.54) is 19.3 Å². The molecule has 0 radical (unpaired) electrons. The highest BCUT2D eigenvalue weighted by molar-refractivity contribution is 7.99. The molecule has 1 aromatic rings. The Bertz CT molecular complexity index is 487. The van der Waals surface area contributed by atoms with Gasteiger partial charge in [0, 0.05) is 18.3 Å². The van der Waals surface area contributed by atoms with E-state index in [0.717, 1.165) is 6.54 Å². The molecule has 1 atom stereocenters. The molecule has 1 aromatic heterocycles. The zero-order valence-corrected chi connectivity index (χ0v) is 12.9. The molecule has 1 heterocycles. The zero-order chi connectivity index (χ0) is 13.8. The summed E-state index contributed by atoms with van der Waals surface area (Å²) in [5.41, 5.74) is 0.379. The number of hydrogen-bond acceptors (Lipinski definition) is 4. The molecule has 1 unspecified atom stereocenters. The monoisotopic (exact) mass is 301 g/mol. The van der Waals surface area contributed by atoms with Crippen LogP contribution in [0.3, 0.4) is 0 Å². The van der Waals surface area contributed by atoms with Crippen LogP contribution in [0.4, 0.5) is 5.69 Å². The van der Waals surface area contributed by atoms with Crippen LogP contribution in [0.15, 0.2) is 11.0 Å². The molecule has 1 saturated carbocycles. The second kappa shape index (κ2) is 6.66. The van der Waals surface area contributed by atoms with Crippen molar-refractivity contribution >= 4 is 29.1 Å². The lowest BCUT2D eigenvalue weighted by Gasteiger charge is -2.25. The smallest absolute Gasteiger partial charge is 0.291 e. The van der Waals surface area contributed by atoms with Crippen molar-refractivity contribution in [3.05, 3.63) is 21.6 Å². The number of halogens is 1. The van der Waals surface area contributed by atoms with Crippen molar-refractivity contribution in [2.75, 3.05) is 18.1 Å². The molecule has 106 valence electrons. The van der Waals surface area contributed by atoms with E-state index < -0.39 is 0 Å². The highest BCUT2D eigenvalue weighted by Crippen LogP contribution is 2.27. The summed E-state index contributed by atoms with van der Waals surface area (Å²) in [6.45, 7) is 3.55. The molecular formula is C13H20ClN3OS. The summed E-state index contributed by atoms with van der Waals surface area (Å²) < 4.78 is 1.54. The lowest BCUT2D eigenvalue weighted by molar-refractivity contribution is 0.262. The zero-order valence-electron chi connectivity index (χ0n) is 11.4. The largest absolute Gasteiger partial charge is 0.378 e. The van der Waals surface area contributed by atoms with Crippen molar-refractivity contribution in [2.24, 2.45) is 5.92 Å². The van der Waals surface area contributed by atoms with E-state index in [4.69, 9.17) is 11.6 Å². The van der Waals surface area contributed by atoms with Crippen LogP contribution in [0.2, 0.25) is 5.02 Å². The first kappa shape index (κ1) is 14.7. The van der Waals surface area contributed by atoms with Gasteiger partial charge >= 0.3 is 0 Å². The van der Waals surface area contributed by atoms with Gasteiger partial charge in [0.1, 0.15) is 5.69 Å². The van der Waals surface area contributed by atoms with Gasteiger partial charge in [0.05, 0.1) is 11.2 Å². The second-order valence-corrected chi connectivity index (χ2v) is 6.76. The van der Waals surface area contributed by atoms with E-state index in [-0.39, 0.29) is 5.56 Å². The van der Waals surface area contributed by atoms with Crippen molar-refractivity contribution in [2.45, 2.75) is 38.0 Å². The Morgan fingerprint density at radius 2 is 2.37 bits per heavy atom. The molecular weight excluding hydrogens is 282 g/mol. The maximum Gasteiger partial charge on any atom is 0.291 e. The van der Waals surface area contributed by atoms with Crippen molar-refractivity contribution in [3.63, 3.8) is 0 Å². The summed E-state index contributed by atoms with van der Waals surface area (Å²) in [5, 5.41) is 8.13. The molecule has 2 rings (SSSR count). The lowest BCUT2D eigenvalue weighted by Crippen LogP contribution is -2.31. The Kier molecular flexibility index (Phi) is 5.16. The van der Waals surface area contributed by atoms with Crippen molar-refractivity contribution in [1.82, 2.24) is 9.78 Å². The van der Waals surface area contributed by atoms with Gasteiger partial charge in [-0.3, -0.25) is 4.79 Å². The van der Waals surface area contributed by atoms with Crippen molar-refractivity contribution in [3.8, 4) is 0 Å². The van der Waals surface area contributed by atoms with Crippen LogP contribution in [0, 0.1) is 5.92 Å². The van der Waals surface area contributed by atoms with Gasteiger partial charge in [0.15, 0.2) is 0 Å². The van der Waals surface area contributed by atoms with Crippen molar-refractivity contribution in [1.29, 1.82) is 0 Å². The molecule has 0 spiro atoms. The fraction of sp³-hybridized carbons (Fsp3) is 0.692. The van der Waals surface area contributed by atoms with E-state index >= 15 is 0 Å². The molecule has 6 heteroatoms. The lowest BCUT2D eigenvalue weighted by atomic mass is 9.85. The van der Waals surface area contributed by atoms with Gasteiger partial charge in [0.2, 0.25) is 0 Å². The number of rotatable bonds is 6. The summed E-state index contributed by atoms with van der Waals surface area (Å²) >= 11 is 7.82. The average molecular weight is 302 g/mol. The van der Waals surface area contributed by atoms with Crippen LogP contribution in [-0.4, -0.2) is 27.8 Å². The van der Waals surface area contributed by atoms with Gasteiger partial charge in [-0.05, 0) is 25.0 Å². The van der Waals surface area contributed by atoms with Crippen LogP contribution in [0.5, 0.6) is 0 Å². The van der Waals surface area contributed by atoms with E-state index in [0.29, 0.717) is 28.4 Å². The Morgan fingerprint density at radius 1 is 1.63 bits per heavy atom. The number of hydrogen-bond donors (Lipinski definition) is 1. The van der Waals surface area contributed by atoms with Crippen LogP contribution in [0.25, 0.3) is 0 Å². The summed E-state index contributed by atoms with van der Waals surface area (Å²) in [5.74, 6) is 0.601. The third kappa shape index (κ3) is 3.66. The average Bonchev–Trinajstić information content (AvgIpc) is 2.35. The van der Waals surface area contributed by atoms with Gasteiger partial charge in [-0.25, -0.2) is 4.68 Å². The van der Waals surface area contributed by atoms with Gasteiger partial charge in [-0.1, -0.05) is 24.9 Å². The number of thioether (sulfide) groups is 1. The number of nitrogens with one attached hydrogen (secondary N) is 1. The molecule has 0 aromatic carbocycles. The van der Waals surface area contributed by atoms with E-state index in [9.17, 15) is 4.79 Å². The second-order valence-electron chi connectivity index (χ2n) is 5.08. The molecule has 19 heavy (non-hydrogen) atoms. The highest BCUT2D eigenvalue weighted by Gasteiger charge is 2.20. The normalized spacial score (nSPS) is 17.0. The van der Waals surface area contributed by atoms with Gasteiger partial charge in [-0.15, -0.1) is 0 Å². The maximum absolute atomic E-state index is 12.3. The topological polar surface area (TPSA) is 46.9 Å². The van der Waals surface area contributed by atoms with Crippen molar-refractivity contribution < 1.29 is 0 Å². The van der Waals surface area contributed by atoms with Gasteiger partial charge in [-0.2, -0.15) is 16.9 Å². The first-order valence-electron chi connectivity index (χ1n) is 6.64. The molecule has 0 bridgehead atoms. The van der Waals surface area contributed by atoms with Crippen LogP contribution in [0.1, 0.15) is 26.2 Å². The molecule has 1 aliphatic carbocycles. The maximum atomic E-state index is 12.3. The summed E-state index contributed by atoms with van der Waals surface area (Å²) in [4.78, 5) is 12.3. The fourth-order valence-corrected chi connectivity index (χ4v) is 2.45. The quantitative estimate of drug-likeness (QED) is 0.877. The first-order valence-corrected chi connectivity index (χ1v) is 8.30. The molecule has 0 amide bonds. The highest BCUT2D eigenvalue weighted by atomic mass is 35.5. The number of aromatic nitrogens is 2. The Balaban J connectivity index is 2.11. The molecule has 1 fully saturated rings. The summed E-state index contributed by atoms with van der Waals surface area (Å²) in [6.07, 6.45) is 7.28. The number of nitrogens with zero attached hydrogens (tertiary/aromatic N) is 2.